The molecule has 0 aliphatic carbocycles. The Bertz CT molecular complexity index is 1210. The number of benzene rings is 3. The average molecular weight is 456 g/mol. The number of nitrogens with one attached hydrogen (secondary N) is 1. The lowest BCUT2D eigenvalue weighted by Gasteiger charge is -2.20. The van der Waals surface area contributed by atoms with E-state index >= 15 is 0 Å². The molecule has 0 radical (unpaired) electrons. The van der Waals surface area contributed by atoms with Crippen molar-refractivity contribution < 1.29 is 9.59 Å². The molecule has 3 aromatic carbocycles. The van der Waals surface area contributed by atoms with Gasteiger partial charge in [0.05, 0.1) is 12.1 Å². The van der Waals surface area contributed by atoms with E-state index in [1.165, 1.54) is 23.8 Å². The Morgan fingerprint density at radius 3 is 2.21 bits per heavy atom. The van der Waals surface area contributed by atoms with Gasteiger partial charge < -0.3 is 5.32 Å². The van der Waals surface area contributed by atoms with Crippen molar-refractivity contribution in [3.05, 3.63) is 101 Å². The minimum absolute atomic E-state index is 0.00725. The van der Waals surface area contributed by atoms with E-state index in [0.717, 1.165) is 23.2 Å². The zero-order valence-corrected chi connectivity index (χ0v) is 19.2. The van der Waals surface area contributed by atoms with E-state index in [-0.39, 0.29) is 18.2 Å². The van der Waals surface area contributed by atoms with Gasteiger partial charge >= 0.3 is 0 Å². The summed E-state index contributed by atoms with van der Waals surface area (Å²) in [5.41, 5.74) is 4.68. The molecule has 4 aromatic rings. The van der Waals surface area contributed by atoms with Crippen LogP contribution >= 0.6 is 11.3 Å². The summed E-state index contributed by atoms with van der Waals surface area (Å²) in [5.74, 6) is -0.129. The fourth-order valence-electron chi connectivity index (χ4n) is 3.52. The van der Waals surface area contributed by atoms with Gasteiger partial charge in [0.25, 0.3) is 0 Å². The van der Waals surface area contributed by atoms with Gasteiger partial charge in [0.1, 0.15) is 0 Å². The molecule has 0 saturated carbocycles. The average Bonchev–Trinajstić information content (AvgIpc) is 3.31. The number of amides is 2. The molecule has 33 heavy (non-hydrogen) atoms. The molecule has 5 nitrogen and oxygen atoms in total. The quantitative estimate of drug-likeness (QED) is 0.377. The van der Waals surface area contributed by atoms with Crippen LogP contribution in [0.2, 0.25) is 0 Å². The second-order valence-electron chi connectivity index (χ2n) is 7.72. The maximum Gasteiger partial charge on any atom is 0.233 e. The Hall–Kier alpha value is -3.77. The normalized spacial score (nSPS) is 10.6. The topological polar surface area (TPSA) is 62.3 Å². The number of rotatable bonds is 8. The van der Waals surface area contributed by atoms with Crippen molar-refractivity contribution in [2.24, 2.45) is 0 Å². The van der Waals surface area contributed by atoms with E-state index in [2.05, 4.69) is 17.4 Å². The number of thiazole rings is 1. The van der Waals surface area contributed by atoms with Crippen LogP contribution in [-0.2, 0) is 22.4 Å². The van der Waals surface area contributed by atoms with Crippen LogP contribution in [0.15, 0.2) is 90.3 Å². The van der Waals surface area contributed by atoms with E-state index < -0.39 is 0 Å². The van der Waals surface area contributed by atoms with Gasteiger partial charge in [-0.15, -0.1) is 11.3 Å². The van der Waals surface area contributed by atoms with Gasteiger partial charge in [-0.3, -0.25) is 14.5 Å². The lowest BCUT2D eigenvalue weighted by Crippen LogP contribution is -2.34. The first-order valence-electron chi connectivity index (χ1n) is 10.8. The molecule has 2 amide bonds. The van der Waals surface area contributed by atoms with Crippen molar-refractivity contribution in [1.82, 2.24) is 4.98 Å². The molecule has 0 saturated heterocycles. The summed E-state index contributed by atoms with van der Waals surface area (Å²) in [7, 11) is 0. The molecule has 0 unspecified atom stereocenters. The van der Waals surface area contributed by atoms with Crippen LogP contribution in [0.25, 0.3) is 11.3 Å². The van der Waals surface area contributed by atoms with Crippen molar-refractivity contribution in [1.29, 1.82) is 0 Å². The summed E-state index contributed by atoms with van der Waals surface area (Å²) >= 11 is 1.48. The number of carbonyl (C=O) groups is 2. The summed E-state index contributed by atoms with van der Waals surface area (Å²) in [6.07, 6.45) is 1.00. The van der Waals surface area contributed by atoms with Gasteiger partial charge in [-0.1, -0.05) is 72.8 Å². The van der Waals surface area contributed by atoms with Crippen LogP contribution < -0.4 is 10.2 Å². The molecule has 1 heterocycles. The number of hydrogen-bond donors (Lipinski definition) is 1. The second-order valence-corrected chi connectivity index (χ2v) is 8.55. The lowest BCUT2D eigenvalue weighted by atomic mass is 10.1. The molecule has 0 atom stereocenters. The van der Waals surface area contributed by atoms with Gasteiger partial charge in [0.2, 0.25) is 11.8 Å². The summed E-state index contributed by atoms with van der Waals surface area (Å²) in [6, 6.07) is 27.5. The van der Waals surface area contributed by atoms with E-state index in [1.807, 2.05) is 78.2 Å². The van der Waals surface area contributed by atoms with Crippen LogP contribution in [0.1, 0.15) is 18.1 Å². The Labute approximate surface area is 197 Å². The fourth-order valence-corrected chi connectivity index (χ4v) is 4.40. The highest BCUT2D eigenvalue weighted by atomic mass is 32.1. The molecule has 0 bridgehead atoms. The zero-order valence-electron chi connectivity index (χ0n) is 18.4. The summed E-state index contributed by atoms with van der Waals surface area (Å²) < 4.78 is 0. The number of anilines is 2. The molecular weight excluding hydrogens is 430 g/mol. The molecule has 166 valence electrons. The van der Waals surface area contributed by atoms with E-state index in [0.29, 0.717) is 17.4 Å². The molecular formula is C27H25N3O2S. The molecule has 4 rings (SSSR count). The highest BCUT2D eigenvalue weighted by molar-refractivity contribution is 7.14. The van der Waals surface area contributed by atoms with Crippen LogP contribution in [-0.4, -0.2) is 23.3 Å². The fraction of sp³-hybridized carbons (Fsp3) is 0.148. The SMILES string of the molecule is CC(=O)Nc1ccc(CC(=O)N(CCc2ccccc2)c2nc(-c3ccccc3)cs2)cc1. The van der Waals surface area contributed by atoms with Crippen LogP contribution in [0.3, 0.4) is 0 Å². The minimum Gasteiger partial charge on any atom is -0.326 e. The molecule has 0 aliphatic rings. The van der Waals surface area contributed by atoms with E-state index in [1.54, 1.807) is 4.90 Å². The highest BCUT2D eigenvalue weighted by Gasteiger charge is 2.20. The van der Waals surface area contributed by atoms with Crippen molar-refractivity contribution in [3.8, 4) is 11.3 Å². The Balaban J connectivity index is 1.53. The second kappa shape index (κ2) is 10.7. The maximum absolute atomic E-state index is 13.4. The van der Waals surface area contributed by atoms with Crippen molar-refractivity contribution in [2.45, 2.75) is 19.8 Å². The van der Waals surface area contributed by atoms with E-state index in [4.69, 9.17) is 4.98 Å². The van der Waals surface area contributed by atoms with Crippen molar-refractivity contribution in [3.63, 3.8) is 0 Å². The summed E-state index contributed by atoms with van der Waals surface area (Å²) in [4.78, 5) is 31.2. The third kappa shape index (κ3) is 6.14. The molecule has 1 aromatic heterocycles. The monoisotopic (exact) mass is 455 g/mol. The molecule has 0 spiro atoms. The van der Waals surface area contributed by atoms with Crippen LogP contribution in [0.5, 0.6) is 0 Å². The Kier molecular flexibility index (Phi) is 7.27. The Morgan fingerprint density at radius 1 is 0.879 bits per heavy atom. The number of aromatic nitrogens is 1. The van der Waals surface area contributed by atoms with Gasteiger partial charge in [0.15, 0.2) is 5.13 Å². The smallest absolute Gasteiger partial charge is 0.233 e. The first kappa shape index (κ1) is 22.4. The molecule has 6 heteroatoms. The van der Waals surface area contributed by atoms with Gasteiger partial charge in [-0.05, 0) is 29.7 Å². The number of carbonyl (C=O) groups excluding carboxylic acids is 2. The number of nitrogens with zero attached hydrogens (tertiary/aromatic N) is 2. The zero-order chi connectivity index (χ0) is 23.0. The minimum atomic E-state index is -0.121. The number of hydrogen-bond acceptors (Lipinski definition) is 4. The van der Waals surface area contributed by atoms with Crippen molar-refractivity contribution in [2.75, 3.05) is 16.8 Å². The van der Waals surface area contributed by atoms with Crippen LogP contribution in [0.4, 0.5) is 10.8 Å². The lowest BCUT2D eigenvalue weighted by molar-refractivity contribution is -0.118. The van der Waals surface area contributed by atoms with Crippen LogP contribution in [0, 0.1) is 0 Å². The summed E-state index contributed by atoms with van der Waals surface area (Å²) in [5, 5.41) is 5.44. The summed E-state index contributed by atoms with van der Waals surface area (Å²) in [6.45, 7) is 2.02. The predicted octanol–water partition coefficient (Wildman–Crippen LogP) is 5.59. The molecule has 1 N–H and O–H groups in total. The first-order valence-corrected chi connectivity index (χ1v) is 11.7. The first-order chi connectivity index (χ1) is 16.1. The molecule has 0 fully saturated rings. The van der Waals surface area contributed by atoms with Gasteiger partial charge in [0, 0.05) is 30.1 Å². The largest absolute Gasteiger partial charge is 0.326 e. The highest BCUT2D eigenvalue weighted by Crippen LogP contribution is 2.28. The maximum atomic E-state index is 13.4. The standard InChI is InChI=1S/C27H25N3O2S/c1-20(31)28-24-14-12-22(13-15-24)18-26(32)30(17-16-21-8-4-2-5-9-21)27-29-25(19-33-27)23-10-6-3-7-11-23/h2-15,19H,16-18H2,1H3,(H,28,31). The molecule has 0 aliphatic heterocycles. The van der Waals surface area contributed by atoms with E-state index in [9.17, 15) is 9.59 Å². The van der Waals surface area contributed by atoms with Gasteiger partial charge in [-0.2, -0.15) is 0 Å². The third-order valence-electron chi connectivity index (χ3n) is 5.19. The predicted molar refractivity (Wildman–Crippen MR) is 134 cm³/mol. The van der Waals surface area contributed by atoms with Gasteiger partial charge in [-0.25, -0.2) is 4.98 Å². The Morgan fingerprint density at radius 2 is 1.55 bits per heavy atom. The third-order valence-corrected chi connectivity index (χ3v) is 6.05. The van der Waals surface area contributed by atoms with Crippen molar-refractivity contribution >= 4 is 34.0 Å².